The highest BCUT2D eigenvalue weighted by Gasteiger charge is 2.41. The molecule has 1 heterocycles. The third-order valence-corrected chi connectivity index (χ3v) is 3.53. The number of aliphatic hydroxyl groups is 3. The summed E-state index contributed by atoms with van der Waals surface area (Å²) in [4.78, 5) is 0. The summed E-state index contributed by atoms with van der Waals surface area (Å²) in [6, 6.07) is 7.35. The van der Waals surface area contributed by atoms with Crippen molar-refractivity contribution in [1.29, 1.82) is 0 Å². The van der Waals surface area contributed by atoms with Gasteiger partial charge in [-0.05, 0) is 31.2 Å². The van der Waals surface area contributed by atoms with Crippen molar-refractivity contribution in [2.75, 3.05) is 5.32 Å². The van der Waals surface area contributed by atoms with Gasteiger partial charge in [-0.15, -0.1) is 0 Å². The van der Waals surface area contributed by atoms with E-state index in [2.05, 4.69) is 21.2 Å². The zero-order valence-corrected chi connectivity index (χ0v) is 11.4. The van der Waals surface area contributed by atoms with Crippen molar-refractivity contribution in [2.45, 2.75) is 37.6 Å². The summed E-state index contributed by atoms with van der Waals surface area (Å²) in [5, 5.41) is 32.1. The monoisotopic (exact) mass is 317 g/mol. The predicted molar refractivity (Wildman–Crippen MR) is 70.1 cm³/mol. The van der Waals surface area contributed by atoms with Gasteiger partial charge in [0.1, 0.15) is 18.3 Å². The number of ether oxygens (including phenoxy) is 1. The first-order valence-corrected chi connectivity index (χ1v) is 6.50. The third kappa shape index (κ3) is 2.84. The summed E-state index contributed by atoms with van der Waals surface area (Å²) >= 11 is 3.33. The number of hydrogen-bond acceptors (Lipinski definition) is 5. The van der Waals surface area contributed by atoms with Crippen LogP contribution in [0.3, 0.4) is 0 Å². The molecule has 1 aliphatic heterocycles. The van der Waals surface area contributed by atoms with Crippen LogP contribution in [0.15, 0.2) is 28.7 Å². The molecule has 0 saturated carbocycles. The number of rotatable bonds is 2. The molecule has 4 N–H and O–H groups in total. The van der Waals surface area contributed by atoms with Gasteiger partial charge >= 0.3 is 0 Å². The fraction of sp³-hybridized carbons (Fsp3) is 0.500. The van der Waals surface area contributed by atoms with Crippen LogP contribution in [0.25, 0.3) is 0 Å². The maximum absolute atomic E-state index is 9.83. The molecular weight excluding hydrogens is 302 g/mol. The number of halogens is 1. The summed E-state index contributed by atoms with van der Waals surface area (Å²) in [6.07, 6.45) is -4.78. The molecule has 1 saturated heterocycles. The first-order chi connectivity index (χ1) is 8.49. The molecule has 1 fully saturated rings. The van der Waals surface area contributed by atoms with E-state index >= 15 is 0 Å². The fourth-order valence-electron chi connectivity index (χ4n) is 1.88. The second kappa shape index (κ2) is 5.54. The van der Waals surface area contributed by atoms with E-state index in [9.17, 15) is 15.3 Å². The van der Waals surface area contributed by atoms with Crippen molar-refractivity contribution < 1.29 is 20.1 Å². The molecule has 1 aliphatic rings. The molecule has 1 aromatic rings. The van der Waals surface area contributed by atoms with Gasteiger partial charge in [0.05, 0.1) is 6.10 Å². The van der Waals surface area contributed by atoms with Crippen LogP contribution in [-0.4, -0.2) is 46.0 Å². The molecule has 0 spiro atoms. The molecule has 100 valence electrons. The lowest BCUT2D eigenvalue weighted by atomic mass is 9.99. The van der Waals surface area contributed by atoms with E-state index in [0.717, 1.165) is 10.2 Å². The Morgan fingerprint density at radius 2 is 1.67 bits per heavy atom. The third-order valence-electron chi connectivity index (χ3n) is 3.01. The zero-order valence-electron chi connectivity index (χ0n) is 9.82. The number of aliphatic hydroxyl groups excluding tert-OH is 3. The normalized spacial score (nSPS) is 36.4. The second-order valence-electron chi connectivity index (χ2n) is 4.38. The zero-order chi connectivity index (χ0) is 13.3. The minimum absolute atomic E-state index is 0.545. The van der Waals surface area contributed by atoms with Crippen molar-refractivity contribution in [3.8, 4) is 0 Å². The molecule has 0 amide bonds. The Bertz CT molecular complexity index is 400. The van der Waals surface area contributed by atoms with E-state index in [1.807, 2.05) is 24.3 Å². The number of benzene rings is 1. The molecule has 0 bridgehead atoms. The number of anilines is 1. The molecule has 0 aromatic heterocycles. The molecule has 5 nitrogen and oxygen atoms in total. The minimum atomic E-state index is -1.22. The second-order valence-corrected chi connectivity index (χ2v) is 5.30. The molecule has 5 atom stereocenters. The van der Waals surface area contributed by atoms with Gasteiger partial charge in [-0.1, -0.05) is 15.9 Å². The van der Waals surface area contributed by atoms with Gasteiger partial charge in [0.2, 0.25) is 0 Å². The van der Waals surface area contributed by atoms with E-state index in [4.69, 9.17) is 4.74 Å². The van der Waals surface area contributed by atoms with Crippen LogP contribution in [0.5, 0.6) is 0 Å². The van der Waals surface area contributed by atoms with Crippen molar-refractivity contribution >= 4 is 21.6 Å². The minimum Gasteiger partial charge on any atom is -0.388 e. The maximum atomic E-state index is 9.83. The molecule has 0 unspecified atom stereocenters. The maximum Gasteiger partial charge on any atom is 0.157 e. The Hall–Kier alpha value is -0.660. The molecule has 6 heteroatoms. The van der Waals surface area contributed by atoms with Crippen LogP contribution in [0.4, 0.5) is 5.69 Å². The highest BCUT2D eigenvalue weighted by Crippen LogP contribution is 2.23. The van der Waals surface area contributed by atoms with Gasteiger partial charge < -0.3 is 25.4 Å². The Labute approximate surface area is 114 Å². The van der Waals surface area contributed by atoms with Crippen molar-refractivity contribution in [1.82, 2.24) is 0 Å². The Morgan fingerprint density at radius 1 is 1.06 bits per heavy atom. The quantitative estimate of drug-likeness (QED) is 0.645. The van der Waals surface area contributed by atoms with E-state index in [-0.39, 0.29) is 0 Å². The van der Waals surface area contributed by atoms with Crippen LogP contribution < -0.4 is 5.32 Å². The van der Waals surface area contributed by atoms with Crippen LogP contribution in [0.1, 0.15) is 6.92 Å². The standard InChI is InChI=1S/C12H16BrNO4/c1-6-9(15)10(16)11(17)12(18-6)14-8-4-2-7(13)3-5-8/h2-6,9-12,14-17H,1H3/t6-,9-,10-,11+,12-/m0/s1. The van der Waals surface area contributed by atoms with Crippen LogP contribution in [-0.2, 0) is 4.74 Å². The molecule has 0 aliphatic carbocycles. The Kier molecular flexibility index (Phi) is 4.24. The molecular formula is C12H16BrNO4. The summed E-state index contributed by atoms with van der Waals surface area (Å²) in [5.74, 6) is 0. The van der Waals surface area contributed by atoms with Crippen molar-refractivity contribution in [3.63, 3.8) is 0 Å². The van der Waals surface area contributed by atoms with E-state index in [0.29, 0.717) is 0 Å². The lowest BCUT2D eigenvalue weighted by Gasteiger charge is -2.39. The lowest BCUT2D eigenvalue weighted by molar-refractivity contribution is -0.209. The Balaban J connectivity index is 2.06. The summed E-state index contributed by atoms with van der Waals surface area (Å²) < 4.78 is 6.38. The smallest absolute Gasteiger partial charge is 0.157 e. The lowest BCUT2D eigenvalue weighted by Crippen LogP contribution is -2.58. The average Bonchev–Trinajstić information content (AvgIpc) is 2.36. The SMILES string of the molecule is C[C@@H]1O[C@H](Nc2ccc(Br)cc2)[C@H](O)[C@@H](O)[C@H]1O. The highest BCUT2D eigenvalue weighted by atomic mass is 79.9. The van der Waals surface area contributed by atoms with Crippen LogP contribution >= 0.6 is 15.9 Å². The summed E-state index contributed by atoms with van der Waals surface area (Å²) in [6.45, 7) is 1.65. The molecule has 18 heavy (non-hydrogen) atoms. The van der Waals surface area contributed by atoms with Crippen molar-refractivity contribution in [3.05, 3.63) is 28.7 Å². The van der Waals surface area contributed by atoms with Crippen LogP contribution in [0.2, 0.25) is 0 Å². The predicted octanol–water partition coefficient (Wildman–Crippen LogP) is 0.688. The first-order valence-electron chi connectivity index (χ1n) is 5.71. The van der Waals surface area contributed by atoms with Gasteiger partial charge in [-0.2, -0.15) is 0 Å². The van der Waals surface area contributed by atoms with Gasteiger partial charge in [0.15, 0.2) is 6.23 Å². The largest absolute Gasteiger partial charge is 0.388 e. The Morgan fingerprint density at radius 3 is 2.28 bits per heavy atom. The fourth-order valence-corrected chi connectivity index (χ4v) is 2.15. The van der Waals surface area contributed by atoms with Crippen LogP contribution in [0, 0.1) is 0 Å². The van der Waals surface area contributed by atoms with E-state index in [1.54, 1.807) is 6.92 Å². The number of nitrogens with one attached hydrogen (secondary N) is 1. The number of hydrogen-bond donors (Lipinski definition) is 4. The van der Waals surface area contributed by atoms with Crippen molar-refractivity contribution in [2.24, 2.45) is 0 Å². The van der Waals surface area contributed by atoms with E-state index < -0.39 is 30.6 Å². The van der Waals surface area contributed by atoms with Gasteiger partial charge in [-0.3, -0.25) is 0 Å². The summed E-state index contributed by atoms with van der Waals surface area (Å²) in [5.41, 5.74) is 0.762. The highest BCUT2D eigenvalue weighted by molar-refractivity contribution is 9.10. The van der Waals surface area contributed by atoms with E-state index in [1.165, 1.54) is 0 Å². The molecule has 1 aromatic carbocycles. The topological polar surface area (TPSA) is 82.0 Å². The average molecular weight is 318 g/mol. The summed E-state index contributed by atoms with van der Waals surface area (Å²) in [7, 11) is 0. The first kappa shape index (κ1) is 13.8. The van der Waals surface area contributed by atoms with Gasteiger partial charge in [0, 0.05) is 10.2 Å². The van der Waals surface area contributed by atoms with Gasteiger partial charge in [-0.25, -0.2) is 0 Å². The molecule has 0 radical (unpaired) electrons. The van der Waals surface area contributed by atoms with Gasteiger partial charge in [0.25, 0.3) is 0 Å². The molecule has 2 rings (SSSR count).